The average Bonchev–Trinajstić information content (AvgIpc) is 3.38. The summed E-state index contributed by atoms with van der Waals surface area (Å²) in [5, 5.41) is 4.85. The Bertz CT molecular complexity index is 1940. The first-order valence-electron chi connectivity index (χ1n) is 16.5. The third-order valence-electron chi connectivity index (χ3n) is 9.06. The highest BCUT2D eigenvalue weighted by Gasteiger charge is 2.41. The lowest BCUT2D eigenvalue weighted by Gasteiger charge is -2.29. The predicted octanol–water partition coefficient (Wildman–Crippen LogP) is 9.82. The Morgan fingerprint density at radius 3 is 2.38 bits per heavy atom. The maximum Gasteiger partial charge on any atom is 0.418 e. The van der Waals surface area contributed by atoms with Crippen molar-refractivity contribution in [3.63, 3.8) is 0 Å². The minimum Gasteiger partial charge on any atom is -0.471 e. The number of Topliss-reactive ketones (excluding diaryl/α,β-unsaturated/α-hetero) is 1. The van der Waals surface area contributed by atoms with E-state index in [1.54, 1.807) is 0 Å². The molecule has 53 heavy (non-hydrogen) atoms. The van der Waals surface area contributed by atoms with Crippen molar-refractivity contribution in [1.29, 1.82) is 0 Å². The minimum absolute atomic E-state index is 0.00250. The number of carbonyl (C=O) groups excluding carboxylic acids is 2. The van der Waals surface area contributed by atoms with Crippen LogP contribution in [0.5, 0.6) is 5.88 Å². The van der Waals surface area contributed by atoms with E-state index in [2.05, 4.69) is 20.6 Å². The van der Waals surface area contributed by atoms with Gasteiger partial charge in [-0.25, -0.2) is 18.2 Å². The van der Waals surface area contributed by atoms with E-state index in [1.165, 1.54) is 29.8 Å². The molecule has 4 aromatic rings. The predicted molar refractivity (Wildman–Crippen MR) is 177 cm³/mol. The molecule has 286 valence electrons. The van der Waals surface area contributed by atoms with Gasteiger partial charge in [0.15, 0.2) is 18.0 Å². The Morgan fingerprint density at radius 1 is 1.02 bits per heavy atom. The number of hydrogen-bond acceptors (Lipinski definition) is 6. The molecule has 2 N–H and O–H groups in total. The quantitative estimate of drug-likeness (QED) is 0.104. The highest BCUT2D eigenvalue weighted by molar-refractivity contribution is 6.33. The number of ether oxygens (including phenoxy) is 1. The topological polar surface area (TPSA) is 98.1 Å². The highest BCUT2D eigenvalue weighted by Crippen LogP contribution is 2.41. The number of nitrogens with zero attached hydrogens (tertiary/aromatic N) is 3. The number of aromatic nitrogens is 3. The van der Waals surface area contributed by atoms with Crippen LogP contribution in [-0.2, 0) is 19.8 Å². The van der Waals surface area contributed by atoms with Gasteiger partial charge in [-0.05, 0) is 73.9 Å². The molecular formula is C35H33ClF9N5O3. The number of nitrogens with one attached hydrogen (secondary N) is 2. The fraction of sp³-hybridized carbons (Fsp3) is 0.429. The molecule has 18 heteroatoms. The molecule has 0 spiro atoms. The van der Waals surface area contributed by atoms with E-state index < -0.39 is 71.5 Å². The van der Waals surface area contributed by atoms with Crippen molar-refractivity contribution >= 4 is 46.1 Å². The molecule has 5 rings (SSSR count). The van der Waals surface area contributed by atoms with Crippen molar-refractivity contribution in [3.05, 3.63) is 75.6 Å². The molecule has 1 aliphatic rings. The van der Waals surface area contributed by atoms with Gasteiger partial charge in [-0.2, -0.15) is 31.3 Å². The van der Waals surface area contributed by atoms with E-state index in [0.717, 1.165) is 24.3 Å². The van der Waals surface area contributed by atoms with Gasteiger partial charge in [0.2, 0.25) is 11.8 Å². The van der Waals surface area contributed by atoms with Crippen molar-refractivity contribution in [2.24, 2.45) is 18.9 Å². The van der Waals surface area contributed by atoms with Gasteiger partial charge in [0, 0.05) is 20.0 Å². The number of anilines is 2. The smallest absolute Gasteiger partial charge is 0.418 e. The minimum atomic E-state index is -4.85. The van der Waals surface area contributed by atoms with Gasteiger partial charge in [0.1, 0.15) is 11.3 Å². The lowest BCUT2D eigenvalue weighted by Crippen LogP contribution is -2.27. The summed E-state index contributed by atoms with van der Waals surface area (Å²) in [5.74, 6) is -4.29. The van der Waals surface area contributed by atoms with Gasteiger partial charge >= 0.3 is 12.4 Å². The Kier molecular flexibility index (Phi) is 12.1. The number of rotatable bonds is 13. The number of hydrogen-bond donors (Lipinski definition) is 2. The molecule has 0 atom stereocenters. The number of amides is 1. The second-order valence-corrected chi connectivity index (χ2v) is 13.1. The van der Waals surface area contributed by atoms with Crippen molar-refractivity contribution < 1.29 is 53.8 Å². The van der Waals surface area contributed by atoms with Crippen LogP contribution in [0.15, 0.2) is 42.5 Å². The van der Waals surface area contributed by atoms with Crippen LogP contribution >= 0.6 is 11.6 Å². The summed E-state index contributed by atoms with van der Waals surface area (Å²) < 4.78 is 128. The first kappa shape index (κ1) is 39.7. The third-order valence-corrected chi connectivity index (χ3v) is 9.38. The molecule has 8 nitrogen and oxygen atoms in total. The van der Waals surface area contributed by atoms with E-state index in [9.17, 15) is 49.1 Å². The molecule has 0 unspecified atom stereocenters. The molecule has 0 radical (unpaired) electrons. The lowest BCUT2D eigenvalue weighted by molar-refractivity contribution is -0.184. The summed E-state index contributed by atoms with van der Waals surface area (Å²) in [6.07, 6.45) is -10.5. The van der Waals surface area contributed by atoms with Crippen LogP contribution in [0.25, 0.3) is 11.2 Å². The van der Waals surface area contributed by atoms with Crippen LogP contribution in [0.2, 0.25) is 5.02 Å². The molecule has 2 heterocycles. The summed E-state index contributed by atoms with van der Waals surface area (Å²) in [4.78, 5) is 34.4. The number of imidazole rings is 1. The van der Waals surface area contributed by atoms with Crippen LogP contribution in [-0.4, -0.2) is 45.4 Å². The second-order valence-electron chi connectivity index (χ2n) is 12.7. The number of halogens is 10. The normalized spacial score (nSPS) is 16.6. The number of fused-ring (bicyclic) bond motifs is 1. The third kappa shape index (κ3) is 9.72. The molecule has 2 aromatic heterocycles. The SMILES string of the molecule is Cn1c(Nc2cc(CNC(=O)c3c(F)cccc3Cl)ccc2C(F)(F)F)nc2cc(C(=O)CCCC3CCC(C(F)(F)F)CC3)c(OCC(F)F)nc21. The summed E-state index contributed by atoms with van der Waals surface area (Å²) in [7, 11) is 1.38. The summed E-state index contributed by atoms with van der Waals surface area (Å²) >= 11 is 5.94. The van der Waals surface area contributed by atoms with Gasteiger partial charge in [0.25, 0.3) is 12.3 Å². The zero-order valence-corrected chi connectivity index (χ0v) is 28.7. The molecular weight excluding hydrogens is 745 g/mol. The number of pyridine rings is 1. The van der Waals surface area contributed by atoms with Crippen molar-refractivity contribution in [2.45, 2.75) is 70.3 Å². The lowest BCUT2D eigenvalue weighted by atomic mass is 9.79. The van der Waals surface area contributed by atoms with Gasteiger partial charge in [-0.3, -0.25) is 14.2 Å². The fourth-order valence-electron chi connectivity index (χ4n) is 6.28. The zero-order valence-electron chi connectivity index (χ0n) is 28.0. The number of carbonyl (C=O) groups is 2. The molecule has 0 aliphatic heterocycles. The number of aryl methyl sites for hydroxylation is 1. The molecule has 0 bridgehead atoms. The summed E-state index contributed by atoms with van der Waals surface area (Å²) in [6, 6.07) is 7.85. The highest BCUT2D eigenvalue weighted by atomic mass is 35.5. The van der Waals surface area contributed by atoms with Crippen molar-refractivity contribution in [1.82, 2.24) is 19.9 Å². The Labute approximate surface area is 302 Å². The average molecular weight is 778 g/mol. The first-order chi connectivity index (χ1) is 24.9. The van der Waals surface area contributed by atoms with Gasteiger partial charge in [-0.1, -0.05) is 30.2 Å². The Balaban J connectivity index is 1.36. The van der Waals surface area contributed by atoms with Gasteiger partial charge < -0.3 is 15.4 Å². The van der Waals surface area contributed by atoms with E-state index >= 15 is 0 Å². The molecule has 0 saturated heterocycles. The van der Waals surface area contributed by atoms with Crippen molar-refractivity contribution in [3.8, 4) is 5.88 Å². The maximum absolute atomic E-state index is 14.2. The number of alkyl halides is 8. The van der Waals surface area contributed by atoms with E-state index in [-0.39, 0.29) is 65.0 Å². The summed E-state index contributed by atoms with van der Waals surface area (Å²) in [5.41, 5.74) is -2.03. The molecule has 1 amide bonds. The molecule has 1 aliphatic carbocycles. The van der Waals surface area contributed by atoms with Crippen LogP contribution in [0, 0.1) is 17.7 Å². The largest absolute Gasteiger partial charge is 0.471 e. The van der Waals surface area contributed by atoms with Crippen LogP contribution < -0.4 is 15.4 Å². The fourth-order valence-corrected chi connectivity index (χ4v) is 6.53. The maximum atomic E-state index is 14.2. The Hall–Kier alpha value is -4.54. The van der Waals surface area contributed by atoms with Gasteiger partial charge in [0.05, 0.1) is 33.3 Å². The number of ketones is 1. The van der Waals surface area contributed by atoms with E-state index in [4.69, 9.17) is 16.3 Å². The first-order valence-corrected chi connectivity index (χ1v) is 16.9. The standard InChI is InChI=1S/C35H33ClF9N5O3/c1-50-30-26(15-21(32(49-30)53-17-28(38)39)27(51)7-2-4-18-8-11-20(12-9-18)34(40,41)42)48-33(50)47-25-14-19(10-13-22(25)35(43,44)45)16-46-31(52)29-23(36)5-3-6-24(29)37/h3,5-6,10,13-15,18,20,28H,2,4,7-9,11-12,16-17H2,1H3,(H,46,52)(H,47,48). The van der Waals surface area contributed by atoms with Gasteiger partial charge in [-0.15, -0.1) is 0 Å². The zero-order chi connectivity index (χ0) is 38.7. The van der Waals surface area contributed by atoms with Crippen LogP contribution in [0.1, 0.15) is 76.8 Å². The Morgan fingerprint density at radius 2 is 1.74 bits per heavy atom. The van der Waals surface area contributed by atoms with E-state index in [0.29, 0.717) is 25.7 Å². The van der Waals surface area contributed by atoms with E-state index in [1.807, 2.05) is 0 Å². The van der Waals surface area contributed by atoms with Crippen LogP contribution in [0.3, 0.4) is 0 Å². The second kappa shape index (κ2) is 16.2. The number of benzene rings is 2. The molecule has 1 saturated carbocycles. The monoisotopic (exact) mass is 777 g/mol. The van der Waals surface area contributed by atoms with Crippen molar-refractivity contribution in [2.75, 3.05) is 11.9 Å². The summed E-state index contributed by atoms with van der Waals surface area (Å²) in [6.45, 7) is -1.42. The molecule has 1 fully saturated rings. The van der Waals surface area contributed by atoms with Crippen LogP contribution in [0.4, 0.5) is 51.1 Å². The molecule has 2 aromatic carbocycles.